The van der Waals surface area contributed by atoms with Crippen molar-refractivity contribution in [1.29, 1.82) is 0 Å². The predicted molar refractivity (Wildman–Crippen MR) is 107 cm³/mol. The first-order chi connectivity index (χ1) is 13.4. The van der Waals surface area contributed by atoms with Gasteiger partial charge in [0.15, 0.2) is 11.5 Å². The molecule has 2 amide bonds. The van der Waals surface area contributed by atoms with Gasteiger partial charge in [0.2, 0.25) is 0 Å². The number of hydrogen-bond donors (Lipinski definition) is 0. The molecule has 0 saturated carbocycles. The van der Waals surface area contributed by atoms with Gasteiger partial charge in [0.1, 0.15) is 13.2 Å². The maximum absolute atomic E-state index is 12.5. The SMILES string of the molecule is C=CCOc1ccc(/C=C2/SC(=O)N(CC(=O)O[C@@H](C)CC)C2=O)cc1OC. The van der Waals surface area contributed by atoms with Crippen LogP contribution in [0.4, 0.5) is 4.79 Å². The topological polar surface area (TPSA) is 82.1 Å². The molecule has 7 nitrogen and oxygen atoms in total. The van der Waals surface area contributed by atoms with Gasteiger partial charge in [-0.05, 0) is 48.9 Å². The van der Waals surface area contributed by atoms with Crippen molar-refractivity contribution >= 4 is 35.0 Å². The van der Waals surface area contributed by atoms with Gasteiger partial charge < -0.3 is 14.2 Å². The molecule has 0 aliphatic carbocycles. The minimum atomic E-state index is -0.608. The van der Waals surface area contributed by atoms with E-state index in [1.54, 1.807) is 37.3 Å². The Balaban J connectivity index is 2.14. The average molecular weight is 405 g/mol. The van der Waals surface area contributed by atoms with Gasteiger partial charge in [-0.15, -0.1) is 0 Å². The van der Waals surface area contributed by atoms with E-state index in [-0.39, 0.29) is 11.0 Å². The number of imide groups is 1. The summed E-state index contributed by atoms with van der Waals surface area (Å²) in [6.45, 7) is 7.16. The van der Waals surface area contributed by atoms with Gasteiger partial charge in [-0.2, -0.15) is 0 Å². The molecule has 1 heterocycles. The van der Waals surface area contributed by atoms with Crippen LogP contribution in [0.2, 0.25) is 0 Å². The van der Waals surface area contributed by atoms with Crippen molar-refractivity contribution < 1.29 is 28.6 Å². The minimum Gasteiger partial charge on any atom is -0.493 e. The Labute approximate surface area is 168 Å². The summed E-state index contributed by atoms with van der Waals surface area (Å²) in [6.07, 6.45) is 3.58. The lowest BCUT2D eigenvalue weighted by Crippen LogP contribution is -2.35. The highest BCUT2D eigenvalue weighted by Gasteiger charge is 2.36. The second kappa shape index (κ2) is 9.98. The van der Waals surface area contributed by atoms with E-state index >= 15 is 0 Å². The Hall–Kier alpha value is -2.74. The molecule has 1 aromatic rings. The molecule has 1 aliphatic rings. The third kappa shape index (κ3) is 5.39. The second-order valence-corrected chi connectivity index (χ2v) is 6.98. The zero-order chi connectivity index (χ0) is 20.7. The van der Waals surface area contributed by atoms with Crippen molar-refractivity contribution in [3.63, 3.8) is 0 Å². The van der Waals surface area contributed by atoms with Crippen LogP contribution in [0.5, 0.6) is 11.5 Å². The van der Waals surface area contributed by atoms with Crippen LogP contribution in [-0.2, 0) is 14.3 Å². The second-order valence-electron chi connectivity index (χ2n) is 5.99. The molecule has 1 atom stereocenters. The third-order valence-corrected chi connectivity index (χ3v) is 4.82. The van der Waals surface area contributed by atoms with E-state index in [1.165, 1.54) is 7.11 Å². The van der Waals surface area contributed by atoms with E-state index in [0.29, 0.717) is 30.1 Å². The molecule has 0 bridgehead atoms. The van der Waals surface area contributed by atoms with Gasteiger partial charge in [-0.3, -0.25) is 19.3 Å². The van der Waals surface area contributed by atoms with Crippen molar-refractivity contribution in [2.75, 3.05) is 20.3 Å². The number of carbonyl (C=O) groups excluding carboxylic acids is 3. The number of carbonyl (C=O) groups is 3. The normalized spacial score (nSPS) is 16.2. The highest BCUT2D eigenvalue weighted by atomic mass is 32.2. The molecule has 1 aliphatic heterocycles. The molecule has 0 radical (unpaired) electrons. The first-order valence-electron chi connectivity index (χ1n) is 8.76. The number of ether oxygens (including phenoxy) is 3. The van der Waals surface area contributed by atoms with E-state index < -0.39 is 23.7 Å². The van der Waals surface area contributed by atoms with E-state index in [2.05, 4.69) is 6.58 Å². The minimum absolute atomic E-state index is 0.225. The smallest absolute Gasteiger partial charge is 0.326 e. The van der Waals surface area contributed by atoms with Crippen LogP contribution in [0, 0.1) is 0 Å². The lowest BCUT2D eigenvalue weighted by molar-refractivity contribution is -0.150. The van der Waals surface area contributed by atoms with Crippen LogP contribution in [0.15, 0.2) is 35.8 Å². The number of esters is 1. The van der Waals surface area contributed by atoms with Crippen molar-refractivity contribution in [2.24, 2.45) is 0 Å². The quantitative estimate of drug-likeness (QED) is 0.352. The van der Waals surface area contributed by atoms with E-state index in [4.69, 9.17) is 14.2 Å². The van der Waals surface area contributed by atoms with Crippen LogP contribution in [0.1, 0.15) is 25.8 Å². The van der Waals surface area contributed by atoms with Gasteiger partial charge in [0, 0.05) is 0 Å². The molecule has 0 aromatic heterocycles. The van der Waals surface area contributed by atoms with Crippen molar-refractivity contribution in [2.45, 2.75) is 26.4 Å². The number of rotatable bonds is 9. The van der Waals surface area contributed by atoms with Gasteiger partial charge in [-0.1, -0.05) is 25.6 Å². The van der Waals surface area contributed by atoms with E-state index in [0.717, 1.165) is 16.7 Å². The summed E-state index contributed by atoms with van der Waals surface area (Å²) in [5.41, 5.74) is 0.662. The van der Waals surface area contributed by atoms with Gasteiger partial charge in [-0.25, -0.2) is 0 Å². The van der Waals surface area contributed by atoms with Crippen LogP contribution < -0.4 is 9.47 Å². The number of methoxy groups -OCH3 is 1. The molecule has 8 heteroatoms. The maximum Gasteiger partial charge on any atom is 0.326 e. The van der Waals surface area contributed by atoms with Crippen LogP contribution in [-0.4, -0.2) is 48.4 Å². The summed E-state index contributed by atoms with van der Waals surface area (Å²) in [7, 11) is 1.51. The Morgan fingerprint density at radius 3 is 2.71 bits per heavy atom. The largest absolute Gasteiger partial charge is 0.493 e. The molecule has 1 saturated heterocycles. The highest BCUT2D eigenvalue weighted by Crippen LogP contribution is 2.34. The van der Waals surface area contributed by atoms with Crippen molar-refractivity contribution in [3.8, 4) is 11.5 Å². The molecular formula is C20H23NO6S. The highest BCUT2D eigenvalue weighted by molar-refractivity contribution is 8.18. The van der Waals surface area contributed by atoms with Crippen LogP contribution >= 0.6 is 11.8 Å². The van der Waals surface area contributed by atoms with Crippen LogP contribution in [0.3, 0.4) is 0 Å². The molecule has 150 valence electrons. The Kier molecular flexibility index (Phi) is 7.69. The first kappa shape index (κ1) is 21.6. The molecule has 0 unspecified atom stereocenters. The van der Waals surface area contributed by atoms with E-state index in [1.807, 2.05) is 6.92 Å². The standard InChI is InChI=1S/C20H23NO6S/c1-5-9-26-15-8-7-14(10-16(15)25-4)11-17-19(23)21(20(24)28-17)12-18(22)27-13(3)6-2/h5,7-8,10-11,13H,1,6,9,12H2,2-4H3/b17-11+/t13-/m0/s1. The maximum atomic E-state index is 12.5. The van der Waals surface area contributed by atoms with Gasteiger partial charge in [0.05, 0.1) is 18.1 Å². The summed E-state index contributed by atoms with van der Waals surface area (Å²) in [6, 6.07) is 5.15. The monoisotopic (exact) mass is 405 g/mol. The number of nitrogens with zero attached hydrogens (tertiary/aromatic N) is 1. The molecule has 2 rings (SSSR count). The zero-order valence-corrected chi connectivity index (χ0v) is 16.9. The zero-order valence-electron chi connectivity index (χ0n) is 16.1. The summed E-state index contributed by atoms with van der Waals surface area (Å²) >= 11 is 0.780. The third-order valence-electron chi connectivity index (χ3n) is 3.91. The molecule has 1 fully saturated rings. The lowest BCUT2D eigenvalue weighted by Gasteiger charge is -2.14. The molecule has 0 spiro atoms. The molecule has 0 N–H and O–H groups in total. The molecular weight excluding hydrogens is 382 g/mol. The molecule has 28 heavy (non-hydrogen) atoms. The fraction of sp³-hybridized carbons (Fsp3) is 0.350. The number of thioether (sulfide) groups is 1. The van der Waals surface area contributed by atoms with Crippen molar-refractivity contribution in [3.05, 3.63) is 41.3 Å². The van der Waals surface area contributed by atoms with Gasteiger partial charge in [0.25, 0.3) is 11.1 Å². The number of amides is 2. The summed E-state index contributed by atoms with van der Waals surface area (Å²) in [5, 5.41) is -0.504. The number of benzene rings is 1. The average Bonchev–Trinajstić information content (AvgIpc) is 2.93. The lowest BCUT2D eigenvalue weighted by atomic mass is 10.2. The Morgan fingerprint density at radius 1 is 1.32 bits per heavy atom. The summed E-state index contributed by atoms with van der Waals surface area (Å²) in [5.74, 6) is -0.0993. The van der Waals surface area contributed by atoms with E-state index in [9.17, 15) is 14.4 Å². The Bertz CT molecular complexity index is 804. The summed E-state index contributed by atoms with van der Waals surface area (Å²) < 4.78 is 15.9. The first-order valence-corrected chi connectivity index (χ1v) is 9.57. The van der Waals surface area contributed by atoms with Crippen LogP contribution in [0.25, 0.3) is 6.08 Å². The van der Waals surface area contributed by atoms with Crippen molar-refractivity contribution in [1.82, 2.24) is 4.90 Å². The Morgan fingerprint density at radius 2 is 2.07 bits per heavy atom. The summed E-state index contributed by atoms with van der Waals surface area (Å²) in [4.78, 5) is 37.7. The predicted octanol–water partition coefficient (Wildman–Crippen LogP) is 3.64. The fourth-order valence-corrected chi connectivity index (χ4v) is 3.14. The van der Waals surface area contributed by atoms with Gasteiger partial charge >= 0.3 is 5.97 Å². The fourth-order valence-electron chi connectivity index (χ4n) is 2.30. The molecule has 1 aromatic carbocycles. The number of hydrogen-bond acceptors (Lipinski definition) is 7.